The molecule has 406 valence electrons. The maximum absolute atomic E-state index is 12.5. The van der Waals surface area contributed by atoms with Crippen molar-refractivity contribution in [3.8, 4) is 0 Å². The zero-order valence-corrected chi connectivity index (χ0v) is 46.7. The molecule has 4 heteroatoms. The van der Waals surface area contributed by atoms with Crippen LogP contribution in [-0.2, 0) is 4.79 Å². The Morgan fingerprint density at radius 3 is 0.930 bits per heavy atom. The molecule has 4 nitrogen and oxygen atoms in total. The fraction of sp³-hybridized carbons (Fsp3) is 0.687. The fourth-order valence-corrected chi connectivity index (χ4v) is 8.64. The maximum Gasteiger partial charge on any atom is 0.220 e. The first-order valence-electron chi connectivity index (χ1n) is 30.2. The monoisotopic (exact) mass is 982 g/mol. The number of rotatable bonds is 54. The minimum absolute atomic E-state index is 0.0697. The minimum atomic E-state index is -0.848. The van der Waals surface area contributed by atoms with E-state index in [4.69, 9.17) is 0 Å². The first kappa shape index (κ1) is 67.8. The highest BCUT2D eigenvalue weighted by molar-refractivity contribution is 5.76. The molecule has 0 aliphatic rings. The first-order valence-corrected chi connectivity index (χ1v) is 30.2. The van der Waals surface area contributed by atoms with E-state index in [0.717, 1.165) is 83.5 Å². The molecule has 71 heavy (non-hydrogen) atoms. The number of amides is 1. The van der Waals surface area contributed by atoms with E-state index in [9.17, 15) is 15.0 Å². The van der Waals surface area contributed by atoms with Gasteiger partial charge in [-0.2, -0.15) is 0 Å². The molecule has 0 saturated carbocycles. The second kappa shape index (κ2) is 61.1. The first-order chi connectivity index (χ1) is 35.2. The number of hydrogen-bond acceptors (Lipinski definition) is 3. The molecule has 0 radical (unpaired) electrons. The lowest BCUT2D eigenvalue weighted by Crippen LogP contribution is -2.45. The molecule has 2 atom stereocenters. The molecule has 0 aliphatic carbocycles. The van der Waals surface area contributed by atoms with Gasteiger partial charge in [-0.1, -0.05) is 302 Å². The molecule has 0 aromatic carbocycles. The summed E-state index contributed by atoms with van der Waals surface area (Å²) >= 11 is 0. The fourth-order valence-electron chi connectivity index (χ4n) is 8.64. The summed E-state index contributed by atoms with van der Waals surface area (Å²) in [6.07, 6.45) is 93.6. The Hall–Kier alpha value is -3.21. The lowest BCUT2D eigenvalue weighted by Gasteiger charge is -2.20. The number of allylic oxidation sites excluding steroid dienone is 19. The van der Waals surface area contributed by atoms with Crippen molar-refractivity contribution in [3.63, 3.8) is 0 Å². The van der Waals surface area contributed by atoms with Crippen LogP contribution in [0.5, 0.6) is 0 Å². The summed E-state index contributed by atoms with van der Waals surface area (Å²) in [6, 6.07) is -0.632. The Morgan fingerprint density at radius 1 is 0.352 bits per heavy atom. The standard InChI is InChI=1S/C67H115NO3/c1-3-5-7-9-11-13-15-17-19-21-23-25-26-27-28-29-30-31-32-33-34-35-36-37-38-39-40-41-42-43-45-47-49-51-53-55-57-59-61-63-67(71)68-65(64-69)66(70)62-60-58-56-54-52-50-48-46-44-24-22-20-18-16-14-12-10-8-6-4-2/h5,7,11,13,17,19,23,25,27-28,30-31,33-34,36-37,39-40,60,62,65-66,69-70H,3-4,6,8-10,12,14-16,18,20-22,24,26,29,32,35,38,41-59,61,63-64H2,1-2H3,(H,68,71)/b7-5-,13-11-,19-17-,25-23-,28-27-,31-30-,34-33-,37-36-,40-39-,62-60+. The Bertz CT molecular complexity index is 1390. The topological polar surface area (TPSA) is 69.6 Å². The number of unbranched alkanes of at least 4 members (excludes halogenated alkanes) is 29. The minimum Gasteiger partial charge on any atom is -0.394 e. The van der Waals surface area contributed by atoms with Gasteiger partial charge >= 0.3 is 0 Å². The number of aliphatic hydroxyl groups is 2. The molecule has 0 saturated heterocycles. The van der Waals surface area contributed by atoms with Crippen molar-refractivity contribution in [1.82, 2.24) is 5.32 Å². The predicted molar refractivity (Wildman–Crippen MR) is 317 cm³/mol. The van der Waals surface area contributed by atoms with E-state index in [-0.39, 0.29) is 12.5 Å². The van der Waals surface area contributed by atoms with Gasteiger partial charge in [-0.25, -0.2) is 0 Å². The number of hydrogen-bond donors (Lipinski definition) is 3. The number of carbonyl (C=O) groups excluding carboxylic acids is 1. The van der Waals surface area contributed by atoms with E-state index in [1.165, 1.54) is 173 Å². The van der Waals surface area contributed by atoms with Crippen molar-refractivity contribution in [2.45, 2.75) is 289 Å². The Morgan fingerprint density at radius 2 is 0.620 bits per heavy atom. The van der Waals surface area contributed by atoms with Gasteiger partial charge in [0.15, 0.2) is 0 Å². The molecule has 0 heterocycles. The third-order valence-corrected chi connectivity index (χ3v) is 13.2. The van der Waals surface area contributed by atoms with Gasteiger partial charge < -0.3 is 15.5 Å². The van der Waals surface area contributed by atoms with Crippen LogP contribution in [0, 0.1) is 0 Å². The summed E-state index contributed by atoms with van der Waals surface area (Å²) in [5.74, 6) is -0.0697. The van der Waals surface area contributed by atoms with Gasteiger partial charge in [0.05, 0.1) is 18.8 Å². The SMILES string of the molecule is CC/C=C\C/C=C\C/C=C\C/C=C\C/C=C\C/C=C\C/C=C\C/C=C\C/C=C\CCCCCCCCCCCCCC(=O)NC(CO)C(O)/C=C/CCCCCCCCCCCCCCCCCCCC. The van der Waals surface area contributed by atoms with Crippen molar-refractivity contribution in [3.05, 3.63) is 122 Å². The van der Waals surface area contributed by atoms with Crippen LogP contribution < -0.4 is 5.32 Å². The summed E-state index contributed by atoms with van der Waals surface area (Å²) < 4.78 is 0. The number of carbonyl (C=O) groups is 1. The largest absolute Gasteiger partial charge is 0.394 e. The van der Waals surface area contributed by atoms with Gasteiger partial charge in [0.1, 0.15) is 0 Å². The Labute approximate surface area is 441 Å². The van der Waals surface area contributed by atoms with Crippen LogP contribution in [0.25, 0.3) is 0 Å². The van der Waals surface area contributed by atoms with Gasteiger partial charge in [-0.15, -0.1) is 0 Å². The second-order valence-electron chi connectivity index (χ2n) is 20.0. The maximum atomic E-state index is 12.5. The molecular weight excluding hydrogens is 867 g/mol. The zero-order valence-electron chi connectivity index (χ0n) is 46.7. The number of aliphatic hydroxyl groups excluding tert-OH is 2. The predicted octanol–water partition coefficient (Wildman–Crippen LogP) is 20.4. The number of nitrogens with one attached hydrogen (secondary N) is 1. The van der Waals surface area contributed by atoms with E-state index in [1.807, 2.05) is 6.08 Å². The van der Waals surface area contributed by atoms with E-state index >= 15 is 0 Å². The van der Waals surface area contributed by atoms with Gasteiger partial charge in [-0.05, 0) is 89.9 Å². The van der Waals surface area contributed by atoms with Crippen LogP contribution in [0.2, 0.25) is 0 Å². The van der Waals surface area contributed by atoms with E-state index in [2.05, 4.69) is 129 Å². The summed E-state index contributed by atoms with van der Waals surface area (Å²) in [6.45, 7) is 4.20. The summed E-state index contributed by atoms with van der Waals surface area (Å²) in [5.41, 5.74) is 0. The zero-order chi connectivity index (χ0) is 51.3. The second-order valence-corrected chi connectivity index (χ2v) is 20.0. The molecule has 0 bridgehead atoms. The lowest BCUT2D eigenvalue weighted by molar-refractivity contribution is -0.123. The van der Waals surface area contributed by atoms with Crippen LogP contribution in [0.1, 0.15) is 277 Å². The van der Waals surface area contributed by atoms with Crippen LogP contribution >= 0.6 is 0 Å². The van der Waals surface area contributed by atoms with E-state index in [1.54, 1.807) is 6.08 Å². The summed E-state index contributed by atoms with van der Waals surface area (Å²) in [5, 5.41) is 23.2. The van der Waals surface area contributed by atoms with Gasteiger partial charge in [0.25, 0.3) is 0 Å². The molecule has 1 amide bonds. The normalized spacial score (nSPS) is 13.7. The molecule has 0 aromatic rings. The molecular formula is C67H115NO3. The molecule has 2 unspecified atom stereocenters. The quantitative estimate of drug-likeness (QED) is 0.0420. The van der Waals surface area contributed by atoms with Gasteiger partial charge in [-0.3, -0.25) is 4.79 Å². The van der Waals surface area contributed by atoms with Crippen molar-refractivity contribution in [1.29, 1.82) is 0 Å². The summed E-state index contributed by atoms with van der Waals surface area (Å²) in [4.78, 5) is 12.5. The van der Waals surface area contributed by atoms with Crippen LogP contribution in [0.3, 0.4) is 0 Å². The van der Waals surface area contributed by atoms with E-state index < -0.39 is 12.1 Å². The molecule has 0 aliphatic heterocycles. The molecule has 0 fully saturated rings. The molecule has 0 spiro atoms. The highest BCUT2D eigenvalue weighted by Crippen LogP contribution is 2.16. The molecule has 0 aromatic heterocycles. The average Bonchev–Trinajstić information content (AvgIpc) is 3.37. The molecule has 3 N–H and O–H groups in total. The Kier molecular flexibility index (Phi) is 58.3. The van der Waals surface area contributed by atoms with Gasteiger partial charge in [0, 0.05) is 6.42 Å². The van der Waals surface area contributed by atoms with Gasteiger partial charge in [0.2, 0.25) is 5.91 Å². The van der Waals surface area contributed by atoms with Crippen molar-refractivity contribution < 1.29 is 15.0 Å². The van der Waals surface area contributed by atoms with Crippen molar-refractivity contribution in [2.75, 3.05) is 6.61 Å². The van der Waals surface area contributed by atoms with Crippen molar-refractivity contribution >= 4 is 5.91 Å². The highest BCUT2D eigenvalue weighted by Gasteiger charge is 2.18. The summed E-state index contributed by atoms with van der Waals surface area (Å²) in [7, 11) is 0. The van der Waals surface area contributed by atoms with Crippen molar-refractivity contribution in [2.24, 2.45) is 0 Å². The third-order valence-electron chi connectivity index (χ3n) is 13.2. The molecule has 0 rings (SSSR count). The van der Waals surface area contributed by atoms with Crippen LogP contribution in [0.4, 0.5) is 0 Å². The lowest BCUT2D eigenvalue weighted by atomic mass is 10.0. The van der Waals surface area contributed by atoms with Crippen LogP contribution in [0.15, 0.2) is 122 Å². The average molecular weight is 983 g/mol. The van der Waals surface area contributed by atoms with E-state index in [0.29, 0.717) is 6.42 Å². The Balaban J connectivity index is 3.58. The third kappa shape index (κ3) is 57.6. The van der Waals surface area contributed by atoms with Crippen LogP contribution in [-0.4, -0.2) is 34.9 Å². The smallest absolute Gasteiger partial charge is 0.220 e. The highest BCUT2D eigenvalue weighted by atomic mass is 16.3.